The van der Waals surface area contributed by atoms with Gasteiger partial charge in [-0.25, -0.2) is 0 Å². The summed E-state index contributed by atoms with van der Waals surface area (Å²) in [6.07, 6.45) is 0. The zero-order valence-electron chi connectivity index (χ0n) is 8.08. The molecule has 2 N–H and O–H groups in total. The molecule has 2 aromatic rings. The molecule has 1 heterocycles. The van der Waals surface area contributed by atoms with Crippen LogP contribution in [0, 0.1) is 3.57 Å². The van der Waals surface area contributed by atoms with Gasteiger partial charge >= 0.3 is 0 Å². The maximum absolute atomic E-state index is 6.19. The Morgan fingerprint density at radius 3 is 2.62 bits per heavy atom. The van der Waals surface area contributed by atoms with E-state index in [0.717, 1.165) is 14.0 Å². The van der Waals surface area contributed by atoms with Crippen LogP contribution in [0.15, 0.2) is 29.6 Å². The number of nitrogens with two attached hydrogens (primary N) is 1. The Morgan fingerprint density at radius 1 is 1.25 bits per heavy atom. The Bertz CT molecular complexity index is 512. The molecule has 0 saturated heterocycles. The van der Waals surface area contributed by atoms with Gasteiger partial charge in [0.2, 0.25) is 0 Å². The van der Waals surface area contributed by atoms with Crippen molar-refractivity contribution < 1.29 is 0 Å². The van der Waals surface area contributed by atoms with E-state index < -0.39 is 0 Å². The van der Waals surface area contributed by atoms with E-state index >= 15 is 0 Å². The molecule has 0 amide bonds. The third-order valence-corrected chi connectivity index (χ3v) is 4.88. The fourth-order valence-electron chi connectivity index (χ4n) is 1.42. The molecule has 1 atom stereocenters. The van der Waals surface area contributed by atoms with E-state index in [9.17, 15) is 0 Å². The average molecular weight is 384 g/mol. The molecule has 84 valence electrons. The van der Waals surface area contributed by atoms with E-state index in [1.807, 2.05) is 29.6 Å². The Kier molecular flexibility index (Phi) is 4.13. The zero-order valence-corrected chi connectivity index (χ0v) is 12.6. The van der Waals surface area contributed by atoms with Crippen molar-refractivity contribution in [2.24, 2.45) is 5.73 Å². The summed E-state index contributed by atoms with van der Waals surface area (Å²) in [6, 6.07) is 7.36. The Morgan fingerprint density at radius 2 is 2.00 bits per heavy atom. The highest BCUT2D eigenvalue weighted by molar-refractivity contribution is 14.1. The van der Waals surface area contributed by atoms with Gasteiger partial charge in [0.05, 0.1) is 11.1 Å². The van der Waals surface area contributed by atoms with Crippen molar-refractivity contribution >= 4 is 57.1 Å². The van der Waals surface area contributed by atoms with Crippen molar-refractivity contribution in [1.29, 1.82) is 0 Å². The summed E-state index contributed by atoms with van der Waals surface area (Å²) in [5.74, 6) is 0. The van der Waals surface area contributed by atoms with E-state index in [4.69, 9.17) is 28.9 Å². The fourth-order valence-corrected chi connectivity index (χ4v) is 3.47. The van der Waals surface area contributed by atoms with Gasteiger partial charge in [-0.05, 0) is 57.8 Å². The van der Waals surface area contributed by atoms with Gasteiger partial charge < -0.3 is 5.73 Å². The molecule has 0 aliphatic carbocycles. The van der Waals surface area contributed by atoms with Crippen LogP contribution in [0.5, 0.6) is 0 Å². The van der Waals surface area contributed by atoms with Gasteiger partial charge in [0.25, 0.3) is 0 Å². The van der Waals surface area contributed by atoms with Crippen LogP contribution in [-0.4, -0.2) is 0 Å². The molecule has 0 aliphatic rings. The van der Waals surface area contributed by atoms with Crippen molar-refractivity contribution in [2.75, 3.05) is 0 Å². The molecule has 0 aliphatic heterocycles. The first-order valence-corrected chi connectivity index (χ1v) is 7.24. The third kappa shape index (κ3) is 2.54. The number of halogens is 3. The quantitative estimate of drug-likeness (QED) is 0.747. The average Bonchev–Trinajstić information content (AvgIpc) is 2.67. The largest absolute Gasteiger partial charge is 0.320 e. The summed E-state index contributed by atoms with van der Waals surface area (Å²) in [7, 11) is 0. The predicted octanol–water partition coefficient (Wildman–Crippen LogP) is 4.71. The molecule has 1 unspecified atom stereocenters. The topological polar surface area (TPSA) is 26.0 Å². The van der Waals surface area contributed by atoms with Crippen LogP contribution in [-0.2, 0) is 0 Å². The Labute approximate surface area is 122 Å². The number of thiophene rings is 1. The Hall–Kier alpha value is 0.190. The molecule has 0 radical (unpaired) electrons. The molecule has 0 bridgehead atoms. The Balaban J connectivity index is 2.45. The molecular formula is C11H8Cl2INS. The van der Waals surface area contributed by atoms with Gasteiger partial charge in [0.1, 0.15) is 0 Å². The summed E-state index contributed by atoms with van der Waals surface area (Å²) < 4.78 is 1.10. The fraction of sp³-hybridized carbons (Fsp3) is 0.0909. The van der Waals surface area contributed by atoms with Crippen LogP contribution in [0.3, 0.4) is 0 Å². The lowest BCUT2D eigenvalue weighted by Gasteiger charge is -2.13. The molecule has 5 heteroatoms. The number of hydrogen-bond donors (Lipinski definition) is 1. The SMILES string of the molecule is NC(c1cc(Cl)ccc1I)c1sccc1Cl. The van der Waals surface area contributed by atoms with E-state index in [1.54, 1.807) is 11.3 Å². The summed E-state index contributed by atoms with van der Waals surface area (Å²) in [5.41, 5.74) is 7.21. The van der Waals surface area contributed by atoms with Crippen LogP contribution in [0.25, 0.3) is 0 Å². The van der Waals surface area contributed by atoms with Gasteiger partial charge in [-0.3, -0.25) is 0 Å². The van der Waals surface area contributed by atoms with Crippen molar-refractivity contribution in [3.63, 3.8) is 0 Å². The highest BCUT2D eigenvalue weighted by Gasteiger charge is 2.16. The smallest absolute Gasteiger partial charge is 0.0671 e. The number of hydrogen-bond acceptors (Lipinski definition) is 2. The predicted molar refractivity (Wildman–Crippen MR) is 79.5 cm³/mol. The van der Waals surface area contributed by atoms with Gasteiger partial charge in [-0.15, -0.1) is 11.3 Å². The maximum atomic E-state index is 6.19. The highest BCUT2D eigenvalue weighted by Crippen LogP contribution is 2.34. The molecule has 2 rings (SSSR count). The van der Waals surface area contributed by atoms with Crippen molar-refractivity contribution in [3.05, 3.63) is 53.7 Å². The van der Waals surface area contributed by atoms with Crippen LogP contribution in [0.2, 0.25) is 10.0 Å². The van der Waals surface area contributed by atoms with Crippen molar-refractivity contribution in [1.82, 2.24) is 0 Å². The molecule has 0 fully saturated rings. The first kappa shape index (κ1) is 12.6. The summed E-state index contributed by atoms with van der Waals surface area (Å²) >= 11 is 15.9. The lowest BCUT2D eigenvalue weighted by Crippen LogP contribution is -2.12. The molecule has 0 saturated carbocycles. The highest BCUT2D eigenvalue weighted by atomic mass is 127. The second-order valence-electron chi connectivity index (χ2n) is 3.28. The van der Waals surface area contributed by atoms with E-state index in [-0.39, 0.29) is 6.04 Å². The van der Waals surface area contributed by atoms with Crippen LogP contribution in [0.4, 0.5) is 0 Å². The van der Waals surface area contributed by atoms with Gasteiger partial charge in [0, 0.05) is 13.5 Å². The minimum absolute atomic E-state index is 0.210. The first-order valence-electron chi connectivity index (χ1n) is 4.53. The lowest BCUT2D eigenvalue weighted by molar-refractivity contribution is 0.887. The third-order valence-electron chi connectivity index (χ3n) is 2.22. The van der Waals surface area contributed by atoms with E-state index in [1.165, 1.54) is 0 Å². The van der Waals surface area contributed by atoms with Crippen molar-refractivity contribution in [3.8, 4) is 0 Å². The minimum atomic E-state index is -0.210. The van der Waals surface area contributed by atoms with E-state index in [2.05, 4.69) is 22.6 Å². The van der Waals surface area contributed by atoms with Gasteiger partial charge in [-0.1, -0.05) is 23.2 Å². The molecule has 0 spiro atoms. The van der Waals surface area contributed by atoms with Crippen LogP contribution < -0.4 is 5.73 Å². The summed E-state index contributed by atoms with van der Waals surface area (Å²) in [6.45, 7) is 0. The van der Waals surface area contributed by atoms with Crippen molar-refractivity contribution in [2.45, 2.75) is 6.04 Å². The second kappa shape index (κ2) is 5.23. The lowest BCUT2D eigenvalue weighted by atomic mass is 10.1. The number of rotatable bonds is 2. The molecule has 16 heavy (non-hydrogen) atoms. The second-order valence-corrected chi connectivity index (χ2v) is 6.23. The van der Waals surface area contributed by atoms with Crippen LogP contribution in [0.1, 0.15) is 16.5 Å². The van der Waals surface area contributed by atoms with Gasteiger partial charge in [-0.2, -0.15) is 0 Å². The zero-order chi connectivity index (χ0) is 11.7. The maximum Gasteiger partial charge on any atom is 0.0671 e. The first-order chi connectivity index (χ1) is 7.59. The van der Waals surface area contributed by atoms with Gasteiger partial charge in [0.15, 0.2) is 0 Å². The van der Waals surface area contributed by atoms with E-state index in [0.29, 0.717) is 10.0 Å². The summed E-state index contributed by atoms with van der Waals surface area (Å²) in [5, 5.41) is 3.35. The summed E-state index contributed by atoms with van der Waals surface area (Å²) in [4.78, 5) is 0.974. The number of benzene rings is 1. The molecule has 1 nitrogen and oxygen atoms in total. The monoisotopic (exact) mass is 383 g/mol. The molecule has 1 aromatic carbocycles. The normalized spacial score (nSPS) is 12.8. The van der Waals surface area contributed by atoms with Crippen LogP contribution >= 0.6 is 57.1 Å². The molecular weight excluding hydrogens is 376 g/mol. The molecule has 1 aromatic heterocycles. The standard InChI is InChI=1S/C11H8Cl2INS/c12-6-1-2-9(14)7(5-6)10(15)11-8(13)3-4-16-11/h1-5,10H,15H2. The minimum Gasteiger partial charge on any atom is -0.320 e.